The van der Waals surface area contributed by atoms with Gasteiger partial charge in [0, 0.05) is 6.61 Å². The Morgan fingerprint density at radius 3 is 2.84 bits per heavy atom. The Kier molecular flexibility index (Phi) is 4.06. The van der Waals surface area contributed by atoms with Gasteiger partial charge >= 0.3 is 5.69 Å². The number of nitrogens with two attached hydrogens (primary N) is 1. The van der Waals surface area contributed by atoms with Crippen molar-refractivity contribution in [1.29, 1.82) is 0 Å². The van der Waals surface area contributed by atoms with Gasteiger partial charge in [-0.3, -0.25) is 19.1 Å². The molecule has 104 valence electrons. The molecule has 7 nitrogen and oxygen atoms in total. The van der Waals surface area contributed by atoms with Crippen molar-refractivity contribution in [3.8, 4) is 0 Å². The average Bonchev–Trinajstić information content (AvgIpc) is 2.86. The number of hydrogen-bond donors (Lipinski definition) is 2. The number of hydrogen-bond acceptors (Lipinski definition) is 5. The zero-order valence-electron chi connectivity index (χ0n) is 10.1. The van der Waals surface area contributed by atoms with Crippen LogP contribution < -0.4 is 17.0 Å². The van der Waals surface area contributed by atoms with Gasteiger partial charge in [0.05, 0.1) is 18.5 Å². The molecule has 0 saturated carbocycles. The zero-order chi connectivity index (χ0) is 14.0. The van der Waals surface area contributed by atoms with Crippen LogP contribution in [0.2, 0.25) is 0 Å². The fourth-order valence-electron chi connectivity index (χ4n) is 2.10. The molecule has 1 fully saturated rings. The summed E-state index contributed by atoms with van der Waals surface area (Å²) in [5.74, 6) is -1.14. The van der Waals surface area contributed by atoms with Gasteiger partial charge in [-0.05, 0) is 12.8 Å². The van der Waals surface area contributed by atoms with Crippen molar-refractivity contribution in [2.45, 2.75) is 25.5 Å². The summed E-state index contributed by atoms with van der Waals surface area (Å²) in [5, 5.41) is 0. The van der Waals surface area contributed by atoms with E-state index in [1.54, 1.807) is 0 Å². The van der Waals surface area contributed by atoms with Crippen LogP contribution >= 0.6 is 11.6 Å². The first-order valence-corrected chi connectivity index (χ1v) is 6.41. The van der Waals surface area contributed by atoms with Crippen LogP contribution in [-0.4, -0.2) is 33.9 Å². The number of anilines is 1. The van der Waals surface area contributed by atoms with Gasteiger partial charge in [0.25, 0.3) is 5.56 Å². The van der Waals surface area contributed by atoms with Gasteiger partial charge in [0.2, 0.25) is 0 Å². The Morgan fingerprint density at radius 1 is 1.53 bits per heavy atom. The van der Waals surface area contributed by atoms with E-state index in [0.717, 1.165) is 17.4 Å². The van der Waals surface area contributed by atoms with Crippen LogP contribution in [0.5, 0.6) is 0 Å². The minimum Gasteiger partial charge on any atom is -0.384 e. The van der Waals surface area contributed by atoms with Gasteiger partial charge in [-0.1, -0.05) is 0 Å². The van der Waals surface area contributed by atoms with E-state index in [0.29, 0.717) is 6.61 Å². The molecule has 0 bridgehead atoms. The SMILES string of the molecule is Nc1c(C(=O)CCl)c(=O)[nH]c(=O)n1CC1CCCO1. The highest BCUT2D eigenvalue weighted by Crippen LogP contribution is 2.15. The number of nitrogen functional groups attached to an aromatic ring is 1. The summed E-state index contributed by atoms with van der Waals surface area (Å²) in [5.41, 5.74) is 4.02. The van der Waals surface area contributed by atoms with Crippen molar-refractivity contribution in [3.05, 3.63) is 26.4 Å². The summed E-state index contributed by atoms with van der Waals surface area (Å²) in [7, 11) is 0. The molecule has 0 aliphatic carbocycles. The molecule has 1 saturated heterocycles. The maximum Gasteiger partial charge on any atom is 0.330 e. The van der Waals surface area contributed by atoms with Gasteiger partial charge < -0.3 is 10.5 Å². The van der Waals surface area contributed by atoms with Gasteiger partial charge in [-0.15, -0.1) is 11.6 Å². The molecule has 0 aromatic carbocycles. The third-order valence-corrected chi connectivity index (χ3v) is 3.29. The number of nitrogens with zero attached hydrogens (tertiary/aromatic N) is 1. The minimum atomic E-state index is -0.809. The first-order chi connectivity index (χ1) is 9.04. The third kappa shape index (κ3) is 2.71. The molecule has 0 spiro atoms. The maximum atomic E-state index is 11.7. The number of aromatic nitrogens is 2. The molecule has 2 heterocycles. The summed E-state index contributed by atoms with van der Waals surface area (Å²) >= 11 is 5.42. The first-order valence-electron chi connectivity index (χ1n) is 5.88. The number of alkyl halides is 1. The second-order valence-corrected chi connectivity index (χ2v) is 4.59. The Bertz CT molecular complexity index is 601. The number of halogens is 1. The van der Waals surface area contributed by atoms with E-state index in [9.17, 15) is 14.4 Å². The van der Waals surface area contributed by atoms with Crippen molar-refractivity contribution in [3.63, 3.8) is 0 Å². The normalized spacial score (nSPS) is 18.7. The van der Waals surface area contributed by atoms with Gasteiger partial charge in [-0.25, -0.2) is 4.79 Å². The Hall–Kier alpha value is -1.60. The molecule has 8 heteroatoms. The molecule has 1 aromatic rings. The van der Waals surface area contributed by atoms with E-state index in [1.807, 2.05) is 0 Å². The highest BCUT2D eigenvalue weighted by Gasteiger charge is 2.22. The number of ketones is 1. The van der Waals surface area contributed by atoms with Gasteiger partial charge in [0.1, 0.15) is 11.4 Å². The molecule has 1 atom stereocenters. The monoisotopic (exact) mass is 287 g/mol. The van der Waals surface area contributed by atoms with Crippen LogP contribution in [0.4, 0.5) is 5.82 Å². The van der Waals surface area contributed by atoms with Gasteiger partial charge in [0.15, 0.2) is 5.78 Å². The quantitative estimate of drug-likeness (QED) is 0.585. The summed E-state index contributed by atoms with van der Waals surface area (Å²) in [4.78, 5) is 37.0. The Labute approximate surface area is 113 Å². The number of Topliss-reactive ketones (excluding diaryl/α,β-unsaturated/α-hetero) is 1. The van der Waals surface area contributed by atoms with Crippen molar-refractivity contribution in [2.24, 2.45) is 0 Å². The van der Waals surface area contributed by atoms with E-state index < -0.39 is 17.0 Å². The second kappa shape index (κ2) is 5.58. The van der Waals surface area contributed by atoms with Crippen molar-refractivity contribution < 1.29 is 9.53 Å². The molecule has 1 aliphatic rings. The molecular formula is C11H14ClN3O4. The predicted octanol–water partition coefficient (Wildman–Crippen LogP) is -0.281. The molecule has 2 rings (SSSR count). The molecule has 19 heavy (non-hydrogen) atoms. The lowest BCUT2D eigenvalue weighted by Crippen LogP contribution is -2.38. The topological polar surface area (TPSA) is 107 Å². The Balaban J connectivity index is 2.45. The van der Waals surface area contributed by atoms with E-state index in [-0.39, 0.29) is 29.9 Å². The molecular weight excluding hydrogens is 274 g/mol. The van der Waals surface area contributed by atoms with E-state index in [2.05, 4.69) is 4.98 Å². The van der Waals surface area contributed by atoms with E-state index in [4.69, 9.17) is 22.1 Å². The van der Waals surface area contributed by atoms with E-state index in [1.165, 1.54) is 0 Å². The molecule has 1 aromatic heterocycles. The smallest absolute Gasteiger partial charge is 0.330 e. The summed E-state index contributed by atoms with van der Waals surface area (Å²) < 4.78 is 6.56. The van der Waals surface area contributed by atoms with Crippen molar-refractivity contribution in [2.75, 3.05) is 18.2 Å². The number of aromatic amines is 1. The molecule has 0 radical (unpaired) electrons. The number of rotatable bonds is 4. The lowest BCUT2D eigenvalue weighted by atomic mass is 10.2. The number of carbonyl (C=O) groups is 1. The lowest BCUT2D eigenvalue weighted by molar-refractivity contribution is 0.0955. The fraction of sp³-hybridized carbons (Fsp3) is 0.545. The van der Waals surface area contributed by atoms with Crippen molar-refractivity contribution in [1.82, 2.24) is 9.55 Å². The van der Waals surface area contributed by atoms with Crippen LogP contribution in [0, 0.1) is 0 Å². The van der Waals surface area contributed by atoms with Crippen molar-refractivity contribution >= 4 is 23.2 Å². The molecule has 1 unspecified atom stereocenters. The molecule has 0 amide bonds. The van der Waals surface area contributed by atoms with Crippen LogP contribution in [-0.2, 0) is 11.3 Å². The van der Waals surface area contributed by atoms with Crippen LogP contribution in [0.15, 0.2) is 9.59 Å². The van der Waals surface area contributed by atoms with Crippen LogP contribution in [0.25, 0.3) is 0 Å². The summed E-state index contributed by atoms with van der Waals surface area (Å²) in [6, 6.07) is 0. The minimum absolute atomic E-state index is 0.134. The third-order valence-electron chi connectivity index (χ3n) is 3.05. The molecule has 3 N–H and O–H groups in total. The lowest BCUT2D eigenvalue weighted by Gasteiger charge is -2.15. The standard InChI is InChI=1S/C11H14ClN3O4/c12-4-7(16)8-9(13)15(11(18)14-10(8)17)5-6-2-1-3-19-6/h6H,1-5,13H2,(H,14,17,18). The van der Waals surface area contributed by atoms with E-state index >= 15 is 0 Å². The number of H-pyrrole nitrogens is 1. The number of ether oxygens (including phenoxy) is 1. The predicted molar refractivity (Wildman–Crippen MR) is 69.8 cm³/mol. The Morgan fingerprint density at radius 2 is 2.26 bits per heavy atom. The summed E-state index contributed by atoms with van der Waals surface area (Å²) in [6.07, 6.45) is 1.59. The second-order valence-electron chi connectivity index (χ2n) is 4.32. The largest absolute Gasteiger partial charge is 0.384 e. The molecule has 1 aliphatic heterocycles. The summed E-state index contributed by atoms with van der Waals surface area (Å²) in [6.45, 7) is 0.847. The van der Waals surface area contributed by atoms with Gasteiger partial charge in [-0.2, -0.15) is 0 Å². The first kappa shape index (κ1) is 13.8. The number of carbonyl (C=O) groups excluding carboxylic acids is 1. The fourth-order valence-corrected chi connectivity index (χ4v) is 2.23. The highest BCUT2D eigenvalue weighted by atomic mass is 35.5. The van der Waals surface area contributed by atoms with Crippen LogP contribution in [0.1, 0.15) is 23.2 Å². The van der Waals surface area contributed by atoms with Crippen LogP contribution in [0.3, 0.4) is 0 Å². The zero-order valence-corrected chi connectivity index (χ0v) is 10.9. The highest BCUT2D eigenvalue weighted by molar-refractivity contribution is 6.31. The maximum absolute atomic E-state index is 11.7. The average molecular weight is 288 g/mol. The number of nitrogens with one attached hydrogen (secondary N) is 1.